The molecule has 5 heteroatoms. The topological polar surface area (TPSA) is 58.1 Å². The Hall–Kier alpha value is -3.21. The van der Waals surface area contributed by atoms with Gasteiger partial charge in [-0.15, -0.1) is 0 Å². The van der Waals surface area contributed by atoms with E-state index >= 15 is 0 Å². The molecule has 0 saturated carbocycles. The third kappa shape index (κ3) is 4.45. The molecule has 0 unspecified atom stereocenters. The van der Waals surface area contributed by atoms with Crippen molar-refractivity contribution >= 4 is 17.4 Å². The molecular weight excluding hydrogens is 324 g/mol. The molecule has 0 saturated heterocycles. The number of anilines is 2. The van der Waals surface area contributed by atoms with Crippen LogP contribution in [0.25, 0.3) is 0 Å². The van der Waals surface area contributed by atoms with Crippen molar-refractivity contribution in [1.29, 1.82) is 0 Å². The molecule has 0 aliphatic heterocycles. The maximum atomic E-state index is 12.4. The van der Waals surface area contributed by atoms with Crippen LogP contribution in [0.2, 0.25) is 0 Å². The first-order chi connectivity index (χ1) is 12.8. The highest BCUT2D eigenvalue weighted by molar-refractivity contribution is 5.93. The van der Waals surface area contributed by atoms with Crippen LogP contribution in [0.5, 0.6) is 0 Å². The van der Waals surface area contributed by atoms with Gasteiger partial charge in [-0.3, -0.25) is 4.79 Å². The highest BCUT2D eigenvalue weighted by Crippen LogP contribution is 2.22. The van der Waals surface area contributed by atoms with Gasteiger partial charge in [0.25, 0.3) is 5.91 Å². The monoisotopic (exact) mass is 346 g/mol. The zero-order chi connectivity index (χ0) is 18.2. The maximum absolute atomic E-state index is 12.4. The molecule has 3 aromatic rings. The van der Waals surface area contributed by atoms with Gasteiger partial charge in [-0.25, -0.2) is 9.97 Å². The Morgan fingerprint density at radius 2 is 1.69 bits per heavy atom. The van der Waals surface area contributed by atoms with E-state index in [1.807, 2.05) is 65.6 Å². The number of hydrogen-bond acceptors (Lipinski definition) is 4. The van der Waals surface area contributed by atoms with Gasteiger partial charge in [0.15, 0.2) is 0 Å². The van der Waals surface area contributed by atoms with Crippen LogP contribution in [-0.4, -0.2) is 29.0 Å². The summed E-state index contributed by atoms with van der Waals surface area (Å²) >= 11 is 0. The van der Waals surface area contributed by atoms with E-state index in [0.717, 1.165) is 18.7 Å². The summed E-state index contributed by atoms with van der Waals surface area (Å²) in [5.74, 6) is 0.524. The standard InChI is InChI=1S/C21H22N4O/c1-2-25(18-11-7-4-8-12-18)20-15-19(23-16-24-20)21(26)22-14-13-17-9-5-3-6-10-17/h3-12,15-16H,2,13-14H2,1H3,(H,22,26). The van der Waals surface area contributed by atoms with Gasteiger partial charge >= 0.3 is 0 Å². The molecule has 5 nitrogen and oxygen atoms in total. The minimum absolute atomic E-state index is 0.186. The first-order valence-corrected chi connectivity index (χ1v) is 8.74. The summed E-state index contributed by atoms with van der Waals surface area (Å²) in [5, 5.41) is 2.92. The Morgan fingerprint density at radius 1 is 1.00 bits per heavy atom. The first-order valence-electron chi connectivity index (χ1n) is 8.74. The fourth-order valence-corrected chi connectivity index (χ4v) is 2.76. The zero-order valence-electron chi connectivity index (χ0n) is 14.8. The van der Waals surface area contributed by atoms with Crippen LogP contribution in [0.1, 0.15) is 23.0 Å². The summed E-state index contributed by atoms with van der Waals surface area (Å²) in [6.07, 6.45) is 2.22. The van der Waals surface area contributed by atoms with Gasteiger partial charge in [0.05, 0.1) is 0 Å². The molecule has 0 radical (unpaired) electrons. The van der Waals surface area contributed by atoms with E-state index < -0.39 is 0 Å². The summed E-state index contributed by atoms with van der Waals surface area (Å²) in [4.78, 5) is 22.9. The summed E-state index contributed by atoms with van der Waals surface area (Å²) in [5.41, 5.74) is 2.60. The number of aromatic nitrogens is 2. The normalized spacial score (nSPS) is 10.3. The number of rotatable bonds is 7. The summed E-state index contributed by atoms with van der Waals surface area (Å²) < 4.78 is 0. The Balaban J connectivity index is 1.67. The minimum atomic E-state index is -0.186. The van der Waals surface area contributed by atoms with E-state index in [1.54, 1.807) is 6.07 Å². The van der Waals surface area contributed by atoms with Crippen molar-refractivity contribution < 1.29 is 4.79 Å². The number of amides is 1. The fourth-order valence-electron chi connectivity index (χ4n) is 2.76. The van der Waals surface area contributed by atoms with E-state index in [1.165, 1.54) is 11.9 Å². The molecule has 1 N–H and O–H groups in total. The first kappa shape index (κ1) is 17.6. The zero-order valence-corrected chi connectivity index (χ0v) is 14.8. The van der Waals surface area contributed by atoms with Gasteiger partial charge in [-0.1, -0.05) is 48.5 Å². The van der Waals surface area contributed by atoms with E-state index in [4.69, 9.17) is 0 Å². The summed E-state index contributed by atoms with van der Waals surface area (Å²) in [6.45, 7) is 3.36. The van der Waals surface area contributed by atoms with Crippen molar-refractivity contribution in [1.82, 2.24) is 15.3 Å². The molecule has 0 aliphatic carbocycles. The molecule has 0 spiro atoms. The van der Waals surface area contributed by atoms with Crippen molar-refractivity contribution in [3.8, 4) is 0 Å². The summed E-state index contributed by atoms with van der Waals surface area (Å²) in [7, 11) is 0. The van der Waals surface area contributed by atoms with Crippen molar-refractivity contribution in [3.05, 3.63) is 84.3 Å². The number of para-hydroxylation sites is 1. The van der Waals surface area contributed by atoms with Gasteiger partial charge in [-0.05, 0) is 31.0 Å². The molecule has 0 fully saturated rings. The fraction of sp³-hybridized carbons (Fsp3) is 0.190. The molecule has 3 rings (SSSR count). The molecule has 0 atom stereocenters. The number of hydrogen-bond donors (Lipinski definition) is 1. The molecule has 1 heterocycles. The number of carbonyl (C=O) groups excluding carboxylic acids is 1. The molecule has 1 amide bonds. The van der Waals surface area contributed by atoms with Crippen LogP contribution >= 0.6 is 0 Å². The second-order valence-corrected chi connectivity index (χ2v) is 5.83. The van der Waals surface area contributed by atoms with Gasteiger partial charge < -0.3 is 10.2 Å². The lowest BCUT2D eigenvalue weighted by Crippen LogP contribution is -2.27. The van der Waals surface area contributed by atoms with Crippen molar-refractivity contribution in [3.63, 3.8) is 0 Å². The Bertz CT molecular complexity index is 837. The Morgan fingerprint density at radius 3 is 2.38 bits per heavy atom. The van der Waals surface area contributed by atoms with Crippen LogP contribution in [0.3, 0.4) is 0 Å². The van der Waals surface area contributed by atoms with Crippen LogP contribution in [0.4, 0.5) is 11.5 Å². The van der Waals surface area contributed by atoms with Gasteiger partial charge in [0.1, 0.15) is 17.8 Å². The van der Waals surface area contributed by atoms with Crippen LogP contribution in [-0.2, 0) is 6.42 Å². The van der Waals surface area contributed by atoms with Crippen LogP contribution in [0.15, 0.2) is 73.1 Å². The number of nitrogens with one attached hydrogen (secondary N) is 1. The number of benzene rings is 2. The quantitative estimate of drug-likeness (QED) is 0.710. The predicted octanol–water partition coefficient (Wildman–Crippen LogP) is 3.61. The van der Waals surface area contributed by atoms with E-state index in [9.17, 15) is 4.79 Å². The molecule has 0 bridgehead atoms. The largest absolute Gasteiger partial charge is 0.350 e. The Kier molecular flexibility index (Phi) is 5.93. The maximum Gasteiger partial charge on any atom is 0.270 e. The molecule has 26 heavy (non-hydrogen) atoms. The van der Waals surface area contributed by atoms with E-state index in [2.05, 4.69) is 22.2 Å². The molecular formula is C21H22N4O. The highest BCUT2D eigenvalue weighted by Gasteiger charge is 2.13. The molecule has 1 aromatic heterocycles. The average Bonchev–Trinajstić information content (AvgIpc) is 2.70. The third-order valence-corrected chi connectivity index (χ3v) is 4.09. The molecule has 132 valence electrons. The lowest BCUT2D eigenvalue weighted by atomic mass is 10.1. The second kappa shape index (κ2) is 8.76. The molecule has 2 aromatic carbocycles. The van der Waals surface area contributed by atoms with Crippen molar-refractivity contribution in [2.24, 2.45) is 0 Å². The van der Waals surface area contributed by atoms with Crippen LogP contribution in [0, 0.1) is 0 Å². The molecule has 0 aliphatic rings. The SMILES string of the molecule is CCN(c1ccccc1)c1cc(C(=O)NCCc2ccccc2)ncn1. The third-order valence-electron chi connectivity index (χ3n) is 4.09. The second-order valence-electron chi connectivity index (χ2n) is 5.83. The van der Waals surface area contributed by atoms with Crippen molar-refractivity contribution in [2.45, 2.75) is 13.3 Å². The smallest absolute Gasteiger partial charge is 0.270 e. The number of carbonyl (C=O) groups is 1. The average molecular weight is 346 g/mol. The van der Waals surface area contributed by atoms with Crippen molar-refractivity contribution in [2.75, 3.05) is 18.0 Å². The van der Waals surface area contributed by atoms with Gasteiger partial charge in [0, 0.05) is 24.8 Å². The Labute approximate surface area is 153 Å². The van der Waals surface area contributed by atoms with Gasteiger partial charge in [0.2, 0.25) is 0 Å². The number of nitrogens with zero attached hydrogens (tertiary/aromatic N) is 3. The lowest BCUT2D eigenvalue weighted by molar-refractivity contribution is 0.0949. The van der Waals surface area contributed by atoms with E-state index in [0.29, 0.717) is 18.1 Å². The minimum Gasteiger partial charge on any atom is -0.350 e. The summed E-state index contributed by atoms with van der Waals surface area (Å²) in [6, 6.07) is 21.8. The predicted molar refractivity (Wildman–Crippen MR) is 104 cm³/mol. The highest BCUT2D eigenvalue weighted by atomic mass is 16.1. The van der Waals surface area contributed by atoms with Gasteiger partial charge in [-0.2, -0.15) is 0 Å². The van der Waals surface area contributed by atoms with E-state index in [-0.39, 0.29) is 5.91 Å². The lowest BCUT2D eigenvalue weighted by Gasteiger charge is -2.22. The van der Waals surface area contributed by atoms with Crippen LogP contribution < -0.4 is 10.2 Å².